The van der Waals surface area contributed by atoms with Gasteiger partial charge in [0.1, 0.15) is 0 Å². The molecule has 1 aromatic carbocycles. The Hall–Kier alpha value is -2.65. The van der Waals surface area contributed by atoms with Crippen molar-refractivity contribution >= 4 is 16.1 Å². The predicted molar refractivity (Wildman–Crippen MR) is 99.8 cm³/mol. The Morgan fingerprint density at radius 1 is 1.11 bits per heavy atom. The molecule has 2 amide bonds. The summed E-state index contributed by atoms with van der Waals surface area (Å²) in [6, 6.07) is 11.7. The van der Waals surface area contributed by atoms with Crippen LogP contribution in [0.15, 0.2) is 53.6 Å². The molecule has 1 aliphatic rings. The number of sulfonamides is 1. The van der Waals surface area contributed by atoms with Crippen molar-refractivity contribution in [1.29, 1.82) is 0 Å². The Labute approximate surface area is 158 Å². The van der Waals surface area contributed by atoms with Crippen LogP contribution in [0.1, 0.15) is 5.56 Å². The number of piperazine rings is 1. The Morgan fingerprint density at radius 3 is 2.41 bits per heavy atom. The number of hydrogen-bond acceptors (Lipinski definition) is 5. The van der Waals surface area contributed by atoms with Crippen LogP contribution in [0.25, 0.3) is 0 Å². The lowest BCUT2D eigenvalue weighted by atomic mass is 10.3. The SMILES string of the molecule is COc1ccc(CNC(=O)N2CCN(S(=O)(=O)c3ccccc3)CC2)cn1. The van der Waals surface area contributed by atoms with E-state index in [-0.39, 0.29) is 24.0 Å². The van der Waals surface area contributed by atoms with Gasteiger partial charge in [-0.2, -0.15) is 4.31 Å². The topological polar surface area (TPSA) is 91.8 Å². The van der Waals surface area contributed by atoms with Gasteiger partial charge in [-0.05, 0) is 17.7 Å². The van der Waals surface area contributed by atoms with Crippen LogP contribution in [0.5, 0.6) is 5.88 Å². The van der Waals surface area contributed by atoms with Gasteiger partial charge in [-0.1, -0.05) is 24.3 Å². The highest BCUT2D eigenvalue weighted by atomic mass is 32.2. The summed E-state index contributed by atoms with van der Waals surface area (Å²) < 4.78 is 31.6. The molecule has 2 aromatic rings. The first-order chi connectivity index (χ1) is 13.0. The molecule has 0 unspecified atom stereocenters. The van der Waals surface area contributed by atoms with Gasteiger partial charge in [-0.25, -0.2) is 18.2 Å². The number of hydrogen-bond donors (Lipinski definition) is 1. The number of carbonyl (C=O) groups is 1. The Kier molecular flexibility index (Phi) is 5.92. The van der Waals surface area contributed by atoms with Crippen LogP contribution in [-0.4, -0.2) is 61.9 Å². The van der Waals surface area contributed by atoms with Crippen LogP contribution in [-0.2, 0) is 16.6 Å². The highest BCUT2D eigenvalue weighted by Crippen LogP contribution is 2.17. The van der Waals surface area contributed by atoms with Crippen LogP contribution in [0.3, 0.4) is 0 Å². The number of amides is 2. The minimum atomic E-state index is -3.52. The van der Waals surface area contributed by atoms with E-state index in [0.29, 0.717) is 25.5 Å². The summed E-state index contributed by atoms with van der Waals surface area (Å²) in [5.74, 6) is 0.515. The van der Waals surface area contributed by atoms with Gasteiger partial charge in [-0.3, -0.25) is 0 Å². The molecule has 1 saturated heterocycles. The lowest BCUT2D eigenvalue weighted by Gasteiger charge is -2.34. The third-order valence-corrected chi connectivity index (χ3v) is 6.27. The molecular weight excluding hydrogens is 368 g/mol. The van der Waals surface area contributed by atoms with Crippen LogP contribution in [0.2, 0.25) is 0 Å². The minimum Gasteiger partial charge on any atom is -0.481 e. The normalized spacial score (nSPS) is 15.4. The van der Waals surface area contributed by atoms with E-state index >= 15 is 0 Å². The maximum Gasteiger partial charge on any atom is 0.317 e. The second kappa shape index (κ2) is 8.36. The summed E-state index contributed by atoms with van der Waals surface area (Å²) in [7, 11) is -1.98. The van der Waals surface area contributed by atoms with Crippen molar-refractivity contribution in [3.05, 3.63) is 54.2 Å². The highest BCUT2D eigenvalue weighted by Gasteiger charge is 2.29. The molecule has 1 N–H and O–H groups in total. The molecule has 144 valence electrons. The first-order valence-corrected chi connectivity index (χ1v) is 10.0. The molecule has 27 heavy (non-hydrogen) atoms. The molecule has 1 fully saturated rings. The van der Waals surface area contributed by atoms with E-state index in [1.54, 1.807) is 54.6 Å². The fraction of sp³-hybridized carbons (Fsp3) is 0.333. The maximum atomic E-state index is 12.6. The quantitative estimate of drug-likeness (QED) is 0.831. The molecule has 0 radical (unpaired) electrons. The van der Waals surface area contributed by atoms with E-state index in [9.17, 15) is 13.2 Å². The van der Waals surface area contributed by atoms with E-state index in [1.807, 2.05) is 6.07 Å². The van der Waals surface area contributed by atoms with Gasteiger partial charge >= 0.3 is 6.03 Å². The van der Waals surface area contributed by atoms with Crippen molar-refractivity contribution < 1.29 is 17.9 Å². The van der Waals surface area contributed by atoms with Gasteiger partial charge in [0, 0.05) is 45.0 Å². The van der Waals surface area contributed by atoms with E-state index in [2.05, 4.69) is 10.3 Å². The fourth-order valence-corrected chi connectivity index (χ4v) is 4.24. The molecule has 1 aromatic heterocycles. The smallest absolute Gasteiger partial charge is 0.317 e. The fourth-order valence-electron chi connectivity index (χ4n) is 2.80. The van der Waals surface area contributed by atoms with Crippen LogP contribution < -0.4 is 10.1 Å². The van der Waals surface area contributed by atoms with Crippen molar-refractivity contribution in [2.75, 3.05) is 33.3 Å². The number of rotatable bonds is 5. The average Bonchev–Trinajstić information content (AvgIpc) is 2.73. The highest BCUT2D eigenvalue weighted by molar-refractivity contribution is 7.89. The van der Waals surface area contributed by atoms with Crippen molar-refractivity contribution in [1.82, 2.24) is 19.5 Å². The molecule has 0 bridgehead atoms. The Bertz CT molecular complexity index is 864. The summed E-state index contributed by atoms with van der Waals surface area (Å²) in [6.45, 7) is 1.58. The second-order valence-corrected chi connectivity index (χ2v) is 8.01. The van der Waals surface area contributed by atoms with Gasteiger partial charge < -0.3 is 15.0 Å². The maximum absolute atomic E-state index is 12.6. The number of urea groups is 1. The first kappa shape index (κ1) is 19.1. The van der Waals surface area contributed by atoms with Crippen LogP contribution in [0, 0.1) is 0 Å². The number of methoxy groups -OCH3 is 1. The summed E-state index contributed by atoms with van der Waals surface area (Å²) in [5.41, 5.74) is 0.856. The van der Waals surface area contributed by atoms with E-state index in [1.165, 1.54) is 4.31 Å². The monoisotopic (exact) mass is 390 g/mol. The molecule has 2 heterocycles. The third kappa shape index (κ3) is 4.55. The molecule has 9 heteroatoms. The molecular formula is C18H22N4O4S. The van der Waals surface area contributed by atoms with E-state index in [4.69, 9.17) is 4.74 Å². The third-order valence-electron chi connectivity index (χ3n) is 4.36. The molecule has 8 nitrogen and oxygen atoms in total. The molecule has 0 spiro atoms. The van der Waals surface area contributed by atoms with Crippen molar-refractivity contribution in [3.63, 3.8) is 0 Å². The van der Waals surface area contributed by atoms with E-state index < -0.39 is 10.0 Å². The number of benzene rings is 1. The first-order valence-electron chi connectivity index (χ1n) is 8.57. The molecule has 0 atom stereocenters. The van der Waals surface area contributed by atoms with Crippen molar-refractivity contribution in [2.24, 2.45) is 0 Å². The zero-order chi connectivity index (χ0) is 19.3. The standard InChI is InChI=1S/C18H22N4O4S/c1-26-17-8-7-15(13-19-17)14-20-18(23)21-9-11-22(12-10-21)27(24,25)16-5-3-2-4-6-16/h2-8,13H,9-12,14H2,1H3,(H,20,23). The summed E-state index contributed by atoms with van der Waals surface area (Å²) in [6.07, 6.45) is 1.64. The minimum absolute atomic E-state index is 0.220. The Balaban J connectivity index is 1.51. The zero-order valence-electron chi connectivity index (χ0n) is 15.0. The number of ether oxygens (including phenoxy) is 1. The predicted octanol–water partition coefficient (Wildman–Crippen LogP) is 1.31. The summed E-state index contributed by atoms with van der Waals surface area (Å²) in [5, 5.41) is 2.83. The summed E-state index contributed by atoms with van der Waals surface area (Å²) in [4.78, 5) is 18.3. The molecule has 0 aliphatic carbocycles. The number of nitrogens with zero attached hydrogens (tertiary/aromatic N) is 3. The number of carbonyl (C=O) groups excluding carboxylic acids is 1. The lowest BCUT2D eigenvalue weighted by Crippen LogP contribution is -2.52. The van der Waals surface area contributed by atoms with E-state index in [0.717, 1.165) is 5.56 Å². The van der Waals surface area contributed by atoms with Gasteiger partial charge in [-0.15, -0.1) is 0 Å². The van der Waals surface area contributed by atoms with Crippen molar-refractivity contribution in [3.8, 4) is 5.88 Å². The lowest BCUT2D eigenvalue weighted by molar-refractivity contribution is 0.172. The average molecular weight is 390 g/mol. The van der Waals surface area contributed by atoms with Gasteiger partial charge in [0.05, 0.1) is 12.0 Å². The van der Waals surface area contributed by atoms with Crippen molar-refractivity contribution in [2.45, 2.75) is 11.4 Å². The van der Waals surface area contributed by atoms with Gasteiger partial charge in [0.2, 0.25) is 15.9 Å². The number of nitrogens with one attached hydrogen (secondary N) is 1. The molecule has 1 aliphatic heterocycles. The van der Waals surface area contributed by atoms with Crippen LogP contribution in [0.4, 0.5) is 4.79 Å². The molecule has 3 rings (SSSR count). The Morgan fingerprint density at radius 2 is 1.81 bits per heavy atom. The number of pyridine rings is 1. The molecule has 0 saturated carbocycles. The van der Waals surface area contributed by atoms with Crippen LogP contribution >= 0.6 is 0 Å². The van der Waals surface area contributed by atoms with Gasteiger partial charge in [0.15, 0.2) is 0 Å². The van der Waals surface area contributed by atoms with Gasteiger partial charge in [0.25, 0.3) is 0 Å². The largest absolute Gasteiger partial charge is 0.481 e. The zero-order valence-corrected chi connectivity index (χ0v) is 15.9. The second-order valence-electron chi connectivity index (χ2n) is 6.07. The summed E-state index contributed by atoms with van der Waals surface area (Å²) >= 11 is 0. The number of aromatic nitrogens is 1.